The molecule has 6 rings (SSSR count). The SMILES string of the molecule is CCCCCCCCc1ccc(C#Cc2ccc3cc4c(cc3c2)sc2cc3cc(CCCCCC)ccc3cc24)cc1. The maximum Gasteiger partial charge on any atom is 0.0361 e. The van der Waals surface area contributed by atoms with Crippen LogP contribution in [0.2, 0.25) is 0 Å². The molecule has 0 unspecified atom stereocenters. The van der Waals surface area contributed by atoms with E-state index < -0.39 is 0 Å². The Balaban J connectivity index is 1.18. The van der Waals surface area contributed by atoms with E-state index in [2.05, 4.69) is 111 Å². The Hall–Kier alpha value is -3.60. The second-order valence-corrected chi connectivity index (χ2v) is 13.4. The summed E-state index contributed by atoms with van der Waals surface area (Å²) in [5.74, 6) is 6.82. The Morgan fingerprint density at radius 3 is 1.65 bits per heavy atom. The molecule has 1 heterocycles. The number of thiophene rings is 1. The second kappa shape index (κ2) is 14.2. The smallest absolute Gasteiger partial charge is 0.0361 e. The molecule has 0 nitrogen and oxygen atoms in total. The van der Waals surface area contributed by atoms with E-state index in [1.807, 2.05) is 11.3 Å². The molecule has 0 aliphatic rings. The normalized spacial score (nSPS) is 11.5. The first-order chi connectivity index (χ1) is 21.2. The van der Waals surface area contributed by atoms with Gasteiger partial charge in [-0.25, -0.2) is 0 Å². The van der Waals surface area contributed by atoms with Crippen molar-refractivity contribution in [1.82, 2.24) is 0 Å². The van der Waals surface area contributed by atoms with E-state index in [0.717, 1.165) is 11.1 Å². The number of fused-ring (bicyclic) bond motifs is 5. The maximum atomic E-state index is 3.42. The molecule has 0 saturated heterocycles. The van der Waals surface area contributed by atoms with Gasteiger partial charge in [-0.1, -0.05) is 113 Å². The van der Waals surface area contributed by atoms with Gasteiger partial charge in [0.25, 0.3) is 0 Å². The molecule has 0 amide bonds. The van der Waals surface area contributed by atoms with Crippen LogP contribution in [0.25, 0.3) is 41.7 Å². The van der Waals surface area contributed by atoms with Crippen molar-refractivity contribution in [2.75, 3.05) is 0 Å². The fourth-order valence-corrected chi connectivity index (χ4v) is 7.48. The van der Waals surface area contributed by atoms with Gasteiger partial charge in [-0.05, 0) is 107 Å². The lowest BCUT2D eigenvalue weighted by Crippen LogP contribution is -1.87. The van der Waals surface area contributed by atoms with Gasteiger partial charge in [0.1, 0.15) is 0 Å². The zero-order valence-corrected chi connectivity index (χ0v) is 26.8. The zero-order valence-electron chi connectivity index (χ0n) is 26.0. The summed E-state index contributed by atoms with van der Waals surface area (Å²) in [5.41, 5.74) is 5.05. The molecule has 1 heteroatoms. The van der Waals surface area contributed by atoms with Gasteiger partial charge in [0.2, 0.25) is 0 Å². The van der Waals surface area contributed by atoms with E-state index in [1.54, 1.807) is 0 Å². The van der Waals surface area contributed by atoms with Gasteiger partial charge < -0.3 is 0 Å². The minimum Gasteiger partial charge on any atom is -0.135 e. The average Bonchev–Trinajstić information content (AvgIpc) is 3.37. The number of benzene rings is 5. The van der Waals surface area contributed by atoms with Gasteiger partial charge in [0.15, 0.2) is 0 Å². The summed E-state index contributed by atoms with van der Waals surface area (Å²) in [7, 11) is 0. The van der Waals surface area contributed by atoms with Crippen LogP contribution in [0.15, 0.2) is 84.9 Å². The standard InChI is InChI=1S/C42H44S/c1-3-5-7-9-10-12-13-31-15-17-32(18-16-31)19-20-34-22-24-36-28-40-39-27-35-23-21-33(14-11-8-6-4-2)25-37(35)29-41(39)43-42(40)30-38(36)26-34/h15-18,21-30H,3-14H2,1-2H3. The van der Waals surface area contributed by atoms with Crippen molar-refractivity contribution >= 4 is 53.1 Å². The molecule has 0 atom stereocenters. The number of rotatable bonds is 12. The summed E-state index contributed by atoms with van der Waals surface area (Å²) in [6, 6.07) is 32.1. The van der Waals surface area contributed by atoms with E-state index in [1.165, 1.54) is 130 Å². The summed E-state index contributed by atoms with van der Waals surface area (Å²) < 4.78 is 2.73. The highest BCUT2D eigenvalue weighted by molar-refractivity contribution is 7.26. The predicted molar refractivity (Wildman–Crippen MR) is 192 cm³/mol. The predicted octanol–water partition coefficient (Wildman–Crippen LogP) is 12.8. The van der Waals surface area contributed by atoms with E-state index in [0.29, 0.717) is 0 Å². The number of aryl methyl sites for hydroxylation is 2. The Kier molecular flexibility index (Phi) is 9.76. The van der Waals surface area contributed by atoms with Crippen molar-refractivity contribution in [1.29, 1.82) is 0 Å². The van der Waals surface area contributed by atoms with Gasteiger partial charge in [-0.3, -0.25) is 0 Å². The van der Waals surface area contributed by atoms with Crippen LogP contribution >= 0.6 is 11.3 Å². The first-order valence-corrected chi connectivity index (χ1v) is 17.5. The van der Waals surface area contributed by atoms with Crippen molar-refractivity contribution in [2.24, 2.45) is 0 Å². The monoisotopic (exact) mass is 580 g/mol. The topological polar surface area (TPSA) is 0 Å². The molecule has 1 aromatic heterocycles. The first kappa shape index (κ1) is 29.5. The lowest BCUT2D eigenvalue weighted by Gasteiger charge is -2.05. The molecule has 0 spiro atoms. The molecule has 0 bridgehead atoms. The fourth-order valence-electron chi connectivity index (χ4n) is 6.31. The Morgan fingerprint density at radius 2 is 0.953 bits per heavy atom. The number of unbranched alkanes of at least 4 members (excludes halogenated alkanes) is 8. The molecule has 6 aromatic rings. The third kappa shape index (κ3) is 7.31. The Bertz CT molecular complexity index is 1890. The average molecular weight is 581 g/mol. The minimum atomic E-state index is 1.07. The molecular weight excluding hydrogens is 537 g/mol. The van der Waals surface area contributed by atoms with E-state index in [9.17, 15) is 0 Å². The molecule has 0 aliphatic heterocycles. The van der Waals surface area contributed by atoms with Crippen LogP contribution in [0.4, 0.5) is 0 Å². The summed E-state index contributed by atoms with van der Waals surface area (Å²) in [6.45, 7) is 4.55. The van der Waals surface area contributed by atoms with Crippen LogP contribution in [-0.2, 0) is 12.8 Å². The van der Waals surface area contributed by atoms with Crippen molar-refractivity contribution in [3.63, 3.8) is 0 Å². The lowest BCUT2D eigenvalue weighted by molar-refractivity contribution is 0.607. The van der Waals surface area contributed by atoms with Crippen LogP contribution in [-0.4, -0.2) is 0 Å². The summed E-state index contributed by atoms with van der Waals surface area (Å²) in [4.78, 5) is 0. The van der Waals surface area contributed by atoms with E-state index in [-0.39, 0.29) is 0 Å². The molecule has 0 saturated carbocycles. The van der Waals surface area contributed by atoms with Gasteiger partial charge in [-0.2, -0.15) is 0 Å². The van der Waals surface area contributed by atoms with E-state index in [4.69, 9.17) is 0 Å². The van der Waals surface area contributed by atoms with Crippen LogP contribution in [0, 0.1) is 11.8 Å². The minimum absolute atomic E-state index is 1.07. The molecule has 0 aliphatic carbocycles. The van der Waals surface area contributed by atoms with Crippen molar-refractivity contribution < 1.29 is 0 Å². The molecule has 0 radical (unpaired) electrons. The van der Waals surface area contributed by atoms with Gasteiger partial charge >= 0.3 is 0 Å². The van der Waals surface area contributed by atoms with Crippen LogP contribution in [0.1, 0.15) is 100 Å². The molecule has 0 fully saturated rings. The van der Waals surface area contributed by atoms with E-state index >= 15 is 0 Å². The van der Waals surface area contributed by atoms with Crippen molar-refractivity contribution in [3.05, 3.63) is 107 Å². The third-order valence-corrected chi connectivity index (χ3v) is 10.0. The Labute approximate surface area is 262 Å². The molecular formula is C42H44S. The van der Waals surface area contributed by atoms with Crippen molar-refractivity contribution in [2.45, 2.75) is 90.9 Å². The number of hydrogen-bond acceptors (Lipinski definition) is 1. The lowest BCUT2D eigenvalue weighted by atomic mass is 9.99. The third-order valence-electron chi connectivity index (χ3n) is 8.89. The summed E-state index contributed by atoms with van der Waals surface area (Å²) >= 11 is 1.91. The fraction of sp³-hybridized carbons (Fsp3) is 0.333. The van der Waals surface area contributed by atoms with Crippen LogP contribution in [0.5, 0.6) is 0 Å². The largest absolute Gasteiger partial charge is 0.135 e. The summed E-state index contributed by atoms with van der Waals surface area (Å²) in [6.07, 6.45) is 15.7. The van der Waals surface area contributed by atoms with Crippen molar-refractivity contribution in [3.8, 4) is 11.8 Å². The zero-order chi connectivity index (χ0) is 29.4. The molecule has 5 aromatic carbocycles. The first-order valence-electron chi connectivity index (χ1n) is 16.6. The number of hydrogen-bond donors (Lipinski definition) is 0. The van der Waals surface area contributed by atoms with Crippen LogP contribution in [0.3, 0.4) is 0 Å². The van der Waals surface area contributed by atoms with Gasteiger partial charge in [0.05, 0.1) is 0 Å². The van der Waals surface area contributed by atoms with Gasteiger partial charge in [-0.15, -0.1) is 11.3 Å². The molecule has 43 heavy (non-hydrogen) atoms. The molecule has 218 valence electrons. The molecule has 0 N–H and O–H groups in total. The highest BCUT2D eigenvalue weighted by Gasteiger charge is 2.09. The van der Waals surface area contributed by atoms with Crippen LogP contribution < -0.4 is 0 Å². The second-order valence-electron chi connectivity index (χ2n) is 12.3. The highest BCUT2D eigenvalue weighted by Crippen LogP contribution is 2.39. The highest BCUT2D eigenvalue weighted by atomic mass is 32.1. The van der Waals surface area contributed by atoms with Gasteiger partial charge in [0, 0.05) is 31.3 Å². The maximum absolute atomic E-state index is 3.42. The summed E-state index contributed by atoms with van der Waals surface area (Å²) in [5, 5.41) is 7.97. The quantitative estimate of drug-likeness (QED) is 0.0997. The Morgan fingerprint density at radius 1 is 0.442 bits per heavy atom.